The summed E-state index contributed by atoms with van der Waals surface area (Å²) in [5.74, 6) is 1.38. The van der Waals surface area contributed by atoms with E-state index in [-0.39, 0.29) is 11.7 Å². The molecule has 2 aromatic rings. The number of benzene rings is 2. The summed E-state index contributed by atoms with van der Waals surface area (Å²) in [7, 11) is 0. The first-order chi connectivity index (χ1) is 13.8. The minimum absolute atomic E-state index is 0.0596. The second kappa shape index (κ2) is 7.33. The lowest BCUT2D eigenvalue weighted by Crippen LogP contribution is -2.52. The van der Waals surface area contributed by atoms with Crippen molar-refractivity contribution in [2.45, 2.75) is 58.5 Å². The van der Waals surface area contributed by atoms with Gasteiger partial charge in [-0.3, -0.25) is 9.59 Å². The predicted molar refractivity (Wildman–Crippen MR) is 114 cm³/mol. The van der Waals surface area contributed by atoms with Gasteiger partial charge in [-0.15, -0.1) is 0 Å². The van der Waals surface area contributed by atoms with Crippen LogP contribution >= 0.6 is 0 Å². The fourth-order valence-corrected chi connectivity index (χ4v) is 4.61. The molecule has 4 rings (SSSR count). The normalized spacial score (nSPS) is 18.0. The number of nitrogens with zero attached hydrogens (tertiary/aromatic N) is 1. The van der Waals surface area contributed by atoms with Crippen LogP contribution < -0.4 is 4.74 Å². The molecule has 4 nitrogen and oxygen atoms in total. The lowest BCUT2D eigenvalue weighted by molar-refractivity contribution is -0.00580. The molecular formula is C25H29NO3. The van der Waals surface area contributed by atoms with Crippen molar-refractivity contribution in [3.8, 4) is 5.75 Å². The molecule has 0 aliphatic carbocycles. The summed E-state index contributed by atoms with van der Waals surface area (Å²) < 4.78 is 6.41. The minimum Gasteiger partial charge on any atom is -0.486 e. The van der Waals surface area contributed by atoms with Crippen LogP contribution in [0.25, 0.3) is 0 Å². The maximum Gasteiger partial charge on any atom is 0.253 e. The number of ether oxygens (including phenoxy) is 1. The van der Waals surface area contributed by atoms with Crippen LogP contribution in [0.15, 0.2) is 36.4 Å². The maximum absolute atomic E-state index is 12.9. The Morgan fingerprint density at radius 2 is 1.72 bits per heavy atom. The Morgan fingerprint density at radius 3 is 2.34 bits per heavy atom. The van der Waals surface area contributed by atoms with Gasteiger partial charge in [0, 0.05) is 31.5 Å². The van der Waals surface area contributed by atoms with Gasteiger partial charge >= 0.3 is 0 Å². The first-order valence-corrected chi connectivity index (χ1v) is 10.5. The number of carbonyl (C=O) groups excluding carboxylic acids is 2. The zero-order chi connectivity index (χ0) is 20.8. The van der Waals surface area contributed by atoms with Crippen LogP contribution in [0.2, 0.25) is 0 Å². The smallest absolute Gasteiger partial charge is 0.253 e. The van der Waals surface area contributed by atoms with Crippen molar-refractivity contribution >= 4 is 11.7 Å². The Kier molecular flexibility index (Phi) is 4.97. The van der Waals surface area contributed by atoms with Crippen LogP contribution in [-0.2, 0) is 0 Å². The lowest BCUT2D eigenvalue weighted by Gasteiger charge is -2.44. The number of likely N-dealkylation sites (tertiary alicyclic amines) is 1. The van der Waals surface area contributed by atoms with Gasteiger partial charge in [-0.05, 0) is 54.7 Å². The molecule has 0 aromatic heterocycles. The summed E-state index contributed by atoms with van der Waals surface area (Å²) in [4.78, 5) is 27.7. The van der Waals surface area contributed by atoms with Crippen LogP contribution in [0.4, 0.5) is 0 Å². The van der Waals surface area contributed by atoms with E-state index in [1.54, 1.807) is 0 Å². The van der Waals surface area contributed by atoms with Gasteiger partial charge in [0.15, 0.2) is 5.78 Å². The molecule has 4 heteroatoms. The fraction of sp³-hybridized carbons (Fsp3) is 0.440. The molecule has 0 unspecified atom stereocenters. The molecule has 152 valence electrons. The van der Waals surface area contributed by atoms with Gasteiger partial charge in [-0.2, -0.15) is 0 Å². The zero-order valence-electron chi connectivity index (χ0n) is 17.7. The number of hydrogen-bond acceptors (Lipinski definition) is 3. The number of rotatable bonds is 2. The van der Waals surface area contributed by atoms with E-state index in [9.17, 15) is 9.59 Å². The Labute approximate surface area is 172 Å². The summed E-state index contributed by atoms with van der Waals surface area (Å²) in [6.07, 6.45) is 1.76. The van der Waals surface area contributed by atoms with Gasteiger partial charge in [-0.1, -0.05) is 32.0 Å². The first kappa shape index (κ1) is 19.7. The summed E-state index contributed by atoms with van der Waals surface area (Å²) >= 11 is 0. The summed E-state index contributed by atoms with van der Waals surface area (Å²) in [5.41, 5.74) is 4.29. The van der Waals surface area contributed by atoms with Crippen LogP contribution in [0.5, 0.6) is 5.75 Å². The molecular weight excluding hydrogens is 362 g/mol. The number of amides is 1. The summed E-state index contributed by atoms with van der Waals surface area (Å²) in [5, 5.41) is 0. The van der Waals surface area contributed by atoms with Crippen molar-refractivity contribution in [3.05, 3.63) is 64.2 Å². The second-order valence-electron chi connectivity index (χ2n) is 8.91. The lowest BCUT2D eigenvalue weighted by atomic mass is 9.81. The van der Waals surface area contributed by atoms with E-state index >= 15 is 0 Å². The van der Waals surface area contributed by atoms with E-state index in [1.807, 2.05) is 55.1 Å². The van der Waals surface area contributed by atoms with Gasteiger partial charge in [0.1, 0.15) is 11.4 Å². The van der Waals surface area contributed by atoms with Crippen molar-refractivity contribution in [2.24, 2.45) is 0 Å². The standard InChI is InChI=1S/C25H29NO3/c1-16(2)19-5-7-20(8-6-19)24(28)26-11-9-25(10-12-26)15-21(27)23-18(4)13-17(3)14-22(23)29-25/h5-8,13-14,16H,9-12,15H2,1-4H3. The predicted octanol–water partition coefficient (Wildman–Crippen LogP) is 5.07. The molecule has 1 amide bonds. The van der Waals surface area contributed by atoms with E-state index < -0.39 is 5.60 Å². The third kappa shape index (κ3) is 3.68. The Hall–Kier alpha value is -2.62. The van der Waals surface area contributed by atoms with Gasteiger partial charge in [0.2, 0.25) is 0 Å². The molecule has 0 saturated carbocycles. The highest BCUT2D eigenvalue weighted by Crippen LogP contribution is 2.41. The number of Topliss-reactive ketones (excluding diaryl/α,β-unsaturated/α-hetero) is 1. The van der Waals surface area contributed by atoms with Gasteiger partial charge in [0.05, 0.1) is 12.0 Å². The minimum atomic E-state index is -0.484. The van der Waals surface area contributed by atoms with Crippen LogP contribution in [0.3, 0.4) is 0 Å². The molecule has 0 N–H and O–H groups in total. The molecule has 0 atom stereocenters. The highest BCUT2D eigenvalue weighted by atomic mass is 16.5. The van der Waals surface area contributed by atoms with Crippen molar-refractivity contribution in [1.29, 1.82) is 0 Å². The topological polar surface area (TPSA) is 46.6 Å². The molecule has 2 aliphatic rings. The third-order valence-electron chi connectivity index (χ3n) is 6.32. The van der Waals surface area contributed by atoms with Crippen molar-refractivity contribution in [3.63, 3.8) is 0 Å². The monoisotopic (exact) mass is 391 g/mol. The average molecular weight is 392 g/mol. The Balaban J connectivity index is 1.47. The van der Waals surface area contributed by atoms with Gasteiger partial charge in [0.25, 0.3) is 5.91 Å². The van der Waals surface area contributed by atoms with E-state index in [0.29, 0.717) is 44.0 Å². The second-order valence-corrected chi connectivity index (χ2v) is 8.91. The number of carbonyl (C=O) groups is 2. The first-order valence-electron chi connectivity index (χ1n) is 10.5. The Bertz CT molecular complexity index is 951. The number of piperidine rings is 1. The summed E-state index contributed by atoms with van der Waals surface area (Å²) in [6.45, 7) is 9.50. The molecule has 2 aromatic carbocycles. The largest absolute Gasteiger partial charge is 0.486 e. The van der Waals surface area contributed by atoms with Crippen molar-refractivity contribution in [2.75, 3.05) is 13.1 Å². The van der Waals surface area contributed by atoms with Crippen LogP contribution in [-0.4, -0.2) is 35.3 Å². The molecule has 1 spiro atoms. The zero-order valence-corrected chi connectivity index (χ0v) is 17.7. The molecule has 29 heavy (non-hydrogen) atoms. The Morgan fingerprint density at radius 1 is 1.07 bits per heavy atom. The fourth-order valence-electron chi connectivity index (χ4n) is 4.61. The van der Waals surface area contributed by atoms with E-state index in [2.05, 4.69) is 13.8 Å². The van der Waals surface area contributed by atoms with Gasteiger partial charge < -0.3 is 9.64 Å². The highest BCUT2D eigenvalue weighted by molar-refractivity contribution is 6.02. The molecule has 2 aliphatic heterocycles. The molecule has 1 fully saturated rings. The quantitative estimate of drug-likeness (QED) is 0.718. The van der Waals surface area contributed by atoms with Crippen LogP contribution in [0.1, 0.15) is 76.4 Å². The molecule has 2 heterocycles. The van der Waals surface area contributed by atoms with Crippen molar-refractivity contribution in [1.82, 2.24) is 4.90 Å². The number of ketones is 1. The number of fused-ring (bicyclic) bond motifs is 1. The van der Waals surface area contributed by atoms with E-state index in [4.69, 9.17) is 4.74 Å². The maximum atomic E-state index is 12.9. The molecule has 1 saturated heterocycles. The third-order valence-corrected chi connectivity index (χ3v) is 6.32. The number of aryl methyl sites for hydroxylation is 2. The molecule has 0 bridgehead atoms. The van der Waals surface area contributed by atoms with Gasteiger partial charge in [-0.25, -0.2) is 0 Å². The summed E-state index contributed by atoms with van der Waals surface area (Å²) in [6, 6.07) is 11.9. The van der Waals surface area contributed by atoms with E-state index in [0.717, 1.165) is 22.3 Å². The van der Waals surface area contributed by atoms with Crippen LogP contribution in [0, 0.1) is 13.8 Å². The number of hydrogen-bond donors (Lipinski definition) is 0. The van der Waals surface area contributed by atoms with E-state index in [1.165, 1.54) is 5.56 Å². The molecule has 0 radical (unpaired) electrons. The average Bonchev–Trinajstić information content (AvgIpc) is 2.67. The SMILES string of the molecule is Cc1cc(C)c2c(c1)OC1(CCN(C(=O)c3ccc(C(C)C)cc3)CC1)CC2=O. The van der Waals surface area contributed by atoms with Crippen molar-refractivity contribution < 1.29 is 14.3 Å². The highest BCUT2D eigenvalue weighted by Gasteiger charge is 2.44.